The molecule has 1 aromatic carbocycles. The van der Waals surface area contributed by atoms with Gasteiger partial charge < -0.3 is 9.15 Å². The smallest absolute Gasteiger partial charge is 0.342 e. The van der Waals surface area contributed by atoms with Crippen molar-refractivity contribution in [3.8, 4) is 11.3 Å². The van der Waals surface area contributed by atoms with Crippen LogP contribution in [0.3, 0.4) is 0 Å². The van der Waals surface area contributed by atoms with Crippen LogP contribution in [0.15, 0.2) is 52.5 Å². The van der Waals surface area contributed by atoms with E-state index in [9.17, 15) is 9.59 Å². The summed E-state index contributed by atoms with van der Waals surface area (Å²) in [6, 6.07) is 11.2. The Morgan fingerprint density at radius 1 is 1.24 bits per heavy atom. The van der Waals surface area contributed by atoms with Gasteiger partial charge in [0.25, 0.3) is 5.91 Å². The van der Waals surface area contributed by atoms with Crippen LogP contribution in [0.5, 0.6) is 0 Å². The first-order chi connectivity index (χ1) is 12.0. The fraction of sp³-hybridized carbons (Fsp3) is 0.167. The third-order valence-electron chi connectivity index (χ3n) is 3.54. The number of aromatic nitrogens is 1. The zero-order valence-electron chi connectivity index (χ0n) is 13.7. The lowest BCUT2D eigenvalue weighted by Crippen LogP contribution is -2.30. The maximum absolute atomic E-state index is 12.2. The lowest BCUT2D eigenvalue weighted by Gasteiger charge is -2.11. The van der Waals surface area contributed by atoms with Crippen LogP contribution >= 0.6 is 11.3 Å². The molecular formula is C18H16N2O4S. The molecule has 6 nitrogen and oxygen atoms in total. The van der Waals surface area contributed by atoms with Gasteiger partial charge in [-0.15, -0.1) is 11.3 Å². The molecule has 128 valence electrons. The number of nitrogens with one attached hydrogen (secondary N) is 1. The first-order valence-corrected chi connectivity index (χ1v) is 8.49. The maximum Gasteiger partial charge on any atom is 0.342 e. The monoisotopic (exact) mass is 356 g/mol. The van der Waals surface area contributed by atoms with Gasteiger partial charge in [-0.1, -0.05) is 30.3 Å². The Morgan fingerprint density at radius 3 is 2.68 bits per heavy atom. The summed E-state index contributed by atoms with van der Waals surface area (Å²) < 4.78 is 10.2. The Kier molecular flexibility index (Phi) is 4.95. The van der Waals surface area contributed by atoms with Crippen molar-refractivity contribution in [2.24, 2.45) is 0 Å². The molecule has 3 aromatic rings. The summed E-state index contributed by atoms with van der Waals surface area (Å²) in [7, 11) is 0. The number of amides is 1. The number of ether oxygens (including phenoxy) is 1. The number of esters is 1. The number of hydrogen-bond donors (Lipinski definition) is 1. The van der Waals surface area contributed by atoms with Crippen molar-refractivity contribution in [3.63, 3.8) is 0 Å². The van der Waals surface area contributed by atoms with Gasteiger partial charge in [0.15, 0.2) is 11.2 Å². The van der Waals surface area contributed by atoms with Gasteiger partial charge in [-0.05, 0) is 19.9 Å². The van der Waals surface area contributed by atoms with Crippen molar-refractivity contribution >= 4 is 28.3 Å². The van der Waals surface area contributed by atoms with Gasteiger partial charge in [-0.3, -0.25) is 10.1 Å². The molecule has 0 spiro atoms. The molecule has 0 saturated carbocycles. The van der Waals surface area contributed by atoms with Gasteiger partial charge in [-0.25, -0.2) is 9.78 Å². The van der Waals surface area contributed by atoms with Gasteiger partial charge in [0.2, 0.25) is 0 Å². The van der Waals surface area contributed by atoms with E-state index < -0.39 is 18.0 Å². The fourth-order valence-corrected chi connectivity index (χ4v) is 2.88. The van der Waals surface area contributed by atoms with Crippen molar-refractivity contribution < 1.29 is 18.7 Å². The predicted molar refractivity (Wildman–Crippen MR) is 94.5 cm³/mol. The van der Waals surface area contributed by atoms with E-state index in [-0.39, 0.29) is 0 Å². The van der Waals surface area contributed by atoms with Crippen LogP contribution in [0, 0.1) is 6.92 Å². The van der Waals surface area contributed by atoms with Crippen molar-refractivity contribution in [1.82, 2.24) is 4.98 Å². The lowest BCUT2D eigenvalue weighted by molar-refractivity contribution is -0.123. The van der Waals surface area contributed by atoms with E-state index in [0.29, 0.717) is 16.5 Å². The second-order valence-corrected chi connectivity index (χ2v) is 6.19. The largest absolute Gasteiger partial charge is 0.469 e. The zero-order chi connectivity index (χ0) is 17.8. The Labute approximate surface area is 148 Å². The number of rotatable bonds is 5. The third kappa shape index (κ3) is 3.95. The Balaban J connectivity index is 1.61. The number of thiazole rings is 1. The van der Waals surface area contributed by atoms with Gasteiger partial charge in [0, 0.05) is 10.9 Å². The molecule has 0 bridgehead atoms. The number of benzene rings is 1. The average molecular weight is 356 g/mol. The molecule has 0 aliphatic carbocycles. The molecule has 0 unspecified atom stereocenters. The molecule has 2 heterocycles. The van der Waals surface area contributed by atoms with Crippen LogP contribution in [0.4, 0.5) is 5.13 Å². The van der Waals surface area contributed by atoms with Crippen molar-refractivity contribution in [2.45, 2.75) is 20.0 Å². The van der Waals surface area contributed by atoms with Crippen LogP contribution in [0.1, 0.15) is 23.0 Å². The summed E-state index contributed by atoms with van der Waals surface area (Å²) in [4.78, 5) is 28.6. The second kappa shape index (κ2) is 7.31. The van der Waals surface area contributed by atoms with Crippen LogP contribution in [0.2, 0.25) is 0 Å². The highest BCUT2D eigenvalue weighted by Gasteiger charge is 2.22. The maximum atomic E-state index is 12.2. The quantitative estimate of drug-likeness (QED) is 0.701. The molecule has 25 heavy (non-hydrogen) atoms. The molecular weight excluding hydrogens is 340 g/mol. The highest BCUT2D eigenvalue weighted by molar-refractivity contribution is 7.14. The number of aryl methyl sites for hydroxylation is 1. The van der Waals surface area contributed by atoms with Crippen LogP contribution in [-0.4, -0.2) is 23.0 Å². The number of nitrogens with zero attached hydrogens (tertiary/aromatic N) is 1. The van der Waals surface area contributed by atoms with Crippen LogP contribution in [0.25, 0.3) is 11.3 Å². The summed E-state index contributed by atoms with van der Waals surface area (Å²) in [5.74, 6) is -0.591. The summed E-state index contributed by atoms with van der Waals surface area (Å²) in [6.45, 7) is 3.16. The normalized spacial score (nSPS) is 11.8. The Hall–Kier alpha value is -2.93. The lowest BCUT2D eigenvalue weighted by atomic mass is 10.2. The SMILES string of the molecule is Cc1occc1C(=O)O[C@H](C)C(=O)Nc1nc(-c2ccccc2)cs1. The van der Waals surface area contributed by atoms with Gasteiger partial charge in [0.05, 0.1) is 12.0 Å². The van der Waals surface area contributed by atoms with E-state index >= 15 is 0 Å². The average Bonchev–Trinajstić information content (AvgIpc) is 3.24. The fourth-order valence-electron chi connectivity index (χ4n) is 2.15. The molecule has 7 heteroatoms. The van der Waals surface area contributed by atoms with Crippen molar-refractivity contribution in [2.75, 3.05) is 5.32 Å². The number of carbonyl (C=O) groups is 2. The Bertz CT molecular complexity index is 885. The molecule has 0 radical (unpaired) electrons. The minimum atomic E-state index is -0.953. The summed E-state index contributed by atoms with van der Waals surface area (Å²) in [5, 5.41) is 4.97. The molecule has 2 aromatic heterocycles. The molecule has 3 rings (SSSR count). The summed E-state index contributed by atoms with van der Waals surface area (Å²) in [5.41, 5.74) is 2.05. The van der Waals surface area contributed by atoms with Crippen molar-refractivity contribution in [3.05, 3.63) is 59.4 Å². The van der Waals surface area contributed by atoms with Crippen LogP contribution < -0.4 is 5.32 Å². The molecule has 0 aliphatic heterocycles. The number of carbonyl (C=O) groups excluding carboxylic acids is 2. The standard InChI is InChI=1S/C18H16N2O4S/c1-11-14(8-9-23-11)17(22)24-12(2)16(21)20-18-19-15(10-25-18)13-6-4-3-5-7-13/h3-10,12H,1-2H3,(H,19,20,21)/t12-/m1/s1. The molecule has 1 N–H and O–H groups in total. The topological polar surface area (TPSA) is 81.4 Å². The van der Waals surface area contributed by atoms with Crippen LogP contribution in [-0.2, 0) is 9.53 Å². The molecule has 0 fully saturated rings. The van der Waals surface area contributed by atoms with E-state index in [1.54, 1.807) is 6.92 Å². The van der Waals surface area contributed by atoms with E-state index in [1.165, 1.54) is 30.6 Å². The van der Waals surface area contributed by atoms with E-state index in [2.05, 4.69) is 10.3 Å². The third-order valence-corrected chi connectivity index (χ3v) is 4.29. The van der Waals surface area contributed by atoms with E-state index in [4.69, 9.17) is 9.15 Å². The minimum absolute atomic E-state index is 0.306. The predicted octanol–water partition coefficient (Wildman–Crippen LogP) is 3.90. The van der Waals surface area contributed by atoms with E-state index in [1.807, 2.05) is 35.7 Å². The van der Waals surface area contributed by atoms with Crippen molar-refractivity contribution in [1.29, 1.82) is 0 Å². The number of anilines is 1. The molecule has 0 aliphatic rings. The first-order valence-electron chi connectivity index (χ1n) is 7.61. The zero-order valence-corrected chi connectivity index (χ0v) is 14.5. The molecule has 1 atom stereocenters. The highest BCUT2D eigenvalue weighted by Crippen LogP contribution is 2.24. The number of furan rings is 1. The summed E-state index contributed by atoms with van der Waals surface area (Å²) >= 11 is 1.31. The Morgan fingerprint density at radius 2 is 2.00 bits per heavy atom. The minimum Gasteiger partial charge on any atom is -0.469 e. The van der Waals surface area contributed by atoms with Gasteiger partial charge in [0.1, 0.15) is 11.3 Å². The second-order valence-electron chi connectivity index (χ2n) is 5.33. The molecule has 1 amide bonds. The van der Waals surface area contributed by atoms with Gasteiger partial charge in [-0.2, -0.15) is 0 Å². The molecule has 0 saturated heterocycles. The first kappa shape index (κ1) is 16.9. The number of hydrogen-bond acceptors (Lipinski definition) is 6. The summed E-state index contributed by atoms with van der Waals surface area (Å²) in [6.07, 6.45) is 0.447. The highest BCUT2D eigenvalue weighted by atomic mass is 32.1. The van der Waals surface area contributed by atoms with Gasteiger partial charge >= 0.3 is 5.97 Å². The van der Waals surface area contributed by atoms with E-state index in [0.717, 1.165) is 11.3 Å².